The van der Waals surface area contributed by atoms with Gasteiger partial charge in [0.1, 0.15) is 18.7 Å². The molecule has 3 amide bonds. The number of carboxylic acids is 1. The zero-order valence-electron chi connectivity index (χ0n) is 21.9. The van der Waals surface area contributed by atoms with Crippen molar-refractivity contribution < 1.29 is 51.4 Å². The van der Waals surface area contributed by atoms with E-state index in [1.165, 1.54) is 0 Å². The van der Waals surface area contributed by atoms with Crippen LogP contribution in [0.3, 0.4) is 0 Å². The number of Topliss-reactive ketones (excluding diaryl/α,β-unsaturated/α-hetero) is 1. The first-order valence-corrected chi connectivity index (χ1v) is 11.7. The van der Waals surface area contributed by atoms with Crippen LogP contribution in [0, 0.1) is 23.3 Å². The van der Waals surface area contributed by atoms with Crippen LogP contribution in [-0.4, -0.2) is 53.3 Å². The lowest BCUT2D eigenvalue weighted by atomic mass is 9.86. The van der Waals surface area contributed by atoms with Gasteiger partial charge in [0, 0.05) is 11.8 Å². The molecule has 2 aromatic carbocycles. The fourth-order valence-electron chi connectivity index (χ4n) is 3.39. The average Bonchev–Trinajstić information content (AvgIpc) is 2.86. The molecule has 4 N–H and O–H groups in total. The summed E-state index contributed by atoms with van der Waals surface area (Å²) in [5, 5.41) is 15.7. The predicted molar refractivity (Wildman–Crippen MR) is 132 cm³/mol. The van der Waals surface area contributed by atoms with Crippen molar-refractivity contribution in [3.63, 3.8) is 0 Å². The summed E-state index contributed by atoms with van der Waals surface area (Å²) in [5.74, 6) is -15.2. The number of anilines is 1. The number of benzene rings is 2. The summed E-state index contributed by atoms with van der Waals surface area (Å²) in [5.41, 5.74) is 0.730. The molecule has 0 saturated carbocycles. The lowest BCUT2D eigenvalue weighted by Gasteiger charge is -2.23. The van der Waals surface area contributed by atoms with Crippen molar-refractivity contribution in [2.75, 3.05) is 11.9 Å². The number of rotatable bonds is 10. The number of carbonyl (C=O) groups excluding carboxylic acids is 4. The number of para-hydroxylation sites is 1. The zero-order chi connectivity index (χ0) is 30.4. The largest absolute Gasteiger partial charge is 0.481 e. The highest BCUT2D eigenvalue weighted by Gasteiger charge is 2.29. The van der Waals surface area contributed by atoms with E-state index in [0.717, 1.165) is 12.5 Å². The summed E-state index contributed by atoms with van der Waals surface area (Å²) in [7, 11) is 0. The number of ether oxygens (including phenoxy) is 1. The summed E-state index contributed by atoms with van der Waals surface area (Å²) >= 11 is 0. The van der Waals surface area contributed by atoms with Gasteiger partial charge in [-0.3, -0.25) is 24.0 Å². The predicted octanol–water partition coefficient (Wildman–Crippen LogP) is 2.59. The van der Waals surface area contributed by atoms with E-state index in [-0.39, 0.29) is 11.5 Å². The number of aliphatic carboxylic acids is 1. The Morgan fingerprint density at radius 3 is 2.05 bits per heavy atom. The highest BCUT2D eigenvalue weighted by molar-refractivity contribution is 6.40. The van der Waals surface area contributed by atoms with Crippen LogP contribution >= 0.6 is 0 Å². The van der Waals surface area contributed by atoms with E-state index < -0.39 is 83.6 Å². The number of nitrogens with one attached hydrogen (secondary N) is 3. The number of hydrogen-bond acceptors (Lipinski definition) is 6. The third-order valence-electron chi connectivity index (χ3n) is 5.44. The molecule has 2 aromatic rings. The van der Waals surface area contributed by atoms with Gasteiger partial charge >= 0.3 is 17.8 Å². The molecule has 0 aromatic heterocycles. The fraction of sp³-hybridized carbons (Fsp3) is 0.346. The second-order valence-corrected chi connectivity index (χ2v) is 9.66. The highest BCUT2D eigenvalue weighted by atomic mass is 19.2. The van der Waals surface area contributed by atoms with Gasteiger partial charge in [-0.25, -0.2) is 8.78 Å². The van der Waals surface area contributed by atoms with Crippen molar-refractivity contribution >= 4 is 35.2 Å². The third-order valence-corrected chi connectivity index (χ3v) is 5.44. The molecule has 40 heavy (non-hydrogen) atoms. The van der Waals surface area contributed by atoms with Crippen molar-refractivity contribution in [3.8, 4) is 5.75 Å². The van der Waals surface area contributed by atoms with E-state index in [4.69, 9.17) is 5.11 Å². The molecule has 10 nitrogen and oxygen atoms in total. The standard InChI is InChI=1S/C26H27F4N3O7/c1-12(31-24(38)25(39)32-16-8-6-5-7-13(16)26(2,3)4)23(37)33-17(10-19(35)36)18(34)11-40-22-20(29)14(27)9-15(28)21(22)30/h5-9,12,17H,10-11H2,1-4H3,(H,31,38)(H,32,39)(H,33,37)(H,35,36)/t12-,17+/m1/s1. The van der Waals surface area contributed by atoms with Crippen LogP contribution in [0.1, 0.15) is 39.7 Å². The molecule has 216 valence electrons. The summed E-state index contributed by atoms with van der Waals surface area (Å²) < 4.78 is 58.8. The lowest BCUT2D eigenvalue weighted by Crippen LogP contribution is -2.53. The molecule has 0 spiro atoms. The van der Waals surface area contributed by atoms with Crippen molar-refractivity contribution in [1.82, 2.24) is 10.6 Å². The van der Waals surface area contributed by atoms with Gasteiger partial charge in [0.2, 0.25) is 17.5 Å². The number of amides is 3. The van der Waals surface area contributed by atoms with E-state index in [0.29, 0.717) is 5.69 Å². The normalized spacial score (nSPS) is 12.6. The first-order valence-electron chi connectivity index (χ1n) is 11.7. The minimum Gasteiger partial charge on any atom is -0.481 e. The zero-order valence-corrected chi connectivity index (χ0v) is 21.9. The molecular weight excluding hydrogens is 542 g/mol. The smallest absolute Gasteiger partial charge is 0.313 e. The molecule has 0 bridgehead atoms. The Balaban J connectivity index is 2.06. The minimum absolute atomic E-state index is 0.0773. The van der Waals surface area contributed by atoms with E-state index in [2.05, 4.69) is 15.4 Å². The van der Waals surface area contributed by atoms with Crippen molar-refractivity contribution in [3.05, 3.63) is 59.2 Å². The van der Waals surface area contributed by atoms with Crippen molar-refractivity contribution in [2.45, 2.75) is 51.6 Å². The van der Waals surface area contributed by atoms with Crippen molar-refractivity contribution in [2.24, 2.45) is 0 Å². The molecule has 0 fully saturated rings. The fourth-order valence-corrected chi connectivity index (χ4v) is 3.39. The Morgan fingerprint density at radius 2 is 1.50 bits per heavy atom. The third kappa shape index (κ3) is 8.25. The maximum atomic E-state index is 13.8. The Bertz CT molecular complexity index is 1300. The highest BCUT2D eigenvalue weighted by Crippen LogP contribution is 2.29. The van der Waals surface area contributed by atoms with Gasteiger partial charge in [0.05, 0.1) is 6.42 Å². The number of carbonyl (C=O) groups is 5. The number of hydrogen-bond donors (Lipinski definition) is 4. The average molecular weight is 570 g/mol. The second-order valence-electron chi connectivity index (χ2n) is 9.66. The first-order chi connectivity index (χ1) is 18.5. The quantitative estimate of drug-likeness (QED) is 0.195. The molecular formula is C26H27F4N3O7. The van der Waals surface area contributed by atoms with Gasteiger partial charge in [-0.05, 0) is 24.0 Å². The number of ketones is 1. The Morgan fingerprint density at radius 1 is 0.925 bits per heavy atom. The van der Waals surface area contributed by atoms with E-state index in [1.54, 1.807) is 24.3 Å². The van der Waals surface area contributed by atoms with Gasteiger partial charge < -0.3 is 25.8 Å². The van der Waals surface area contributed by atoms with Crippen molar-refractivity contribution in [1.29, 1.82) is 0 Å². The molecule has 0 aliphatic heterocycles. The molecule has 2 rings (SSSR count). The van der Waals surface area contributed by atoms with Crippen LogP contribution in [0.2, 0.25) is 0 Å². The Kier molecular flexibility index (Phi) is 10.3. The second kappa shape index (κ2) is 13.0. The molecule has 2 atom stereocenters. The summed E-state index contributed by atoms with van der Waals surface area (Å²) in [6.45, 7) is 5.56. The molecule has 0 unspecified atom stereocenters. The van der Waals surface area contributed by atoms with Crippen LogP contribution in [0.4, 0.5) is 23.2 Å². The van der Waals surface area contributed by atoms with E-state index in [1.807, 2.05) is 26.1 Å². The number of carboxylic acid groups (broad SMARTS) is 1. The lowest BCUT2D eigenvalue weighted by molar-refractivity contribution is -0.141. The monoisotopic (exact) mass is 569 g/mol. The van der Waals surface area contributed by atoms with Crippen LogP contribution in [0.15, 0.2) is 30.3 Å². The van der Waals surface area contributed by atoms with Gasteiger partial charge in [-0.15, -0.1) is 0 Å². The van der Waals surface area contributed by atoms with Crippen LogP contribution in [-0.2, 0) is 29.4 Å². The van der Waals surface area contributed by atoms with Gasteiger partial charge in [-0.2, -0.15) is 8.78 Å². The topological polar surface area (TPSA) is 151 Å². The number of halogens is 4. The Hall–Kier alpha value is -4.49. The van der Waals surface area contributed by atoms with Gasteiger partial charge in [0.15, 0.2) is 23.2 Å². The first kappa shape index (κ1) is 31.7. The molecule has 14 heteroatoms. The minimum atomic E-state index is -1.93. The van der Waals surface area contributed by atoms with Crippen LogP contribution in [0.25, 0.3) is 0 Å². The molecule has 0 aliphatic carbocycles. The van der Waals surface area contributed by atoms with Gasteiger partial charge in [0.25, 0.3) is 0 Å². The van der Waals surface area contributed by atoms with E-state index >= 15 is 0 Å². The molecule has 0 saturated heterocycles. The van der Waals surface area contributed by atoms with E-state index in [9.17, 15) is 41.5 Å². The molecule has 0 radical (unpaired) electrons. The summed E-state index contributed by atoms with van der Waals surface area (Å²) in [6, 6.07) is 3.39. The summed E-state index contributed by atoms with van der Waals surface area (Å²) in [6.07, 6.45) is -1.01. The maximum Gasteiger partial charge on any atom is 0.313 e. The Labute approximate surface area is 226 Å². The SMILES string of the molecule is C[C@@H](NC(=O)C(=O)Nc1ccccc1C(C)(C)C)C(=O)N[C@@H](CC(=O)O)C(=O)COc1c(F)c(F)cc(F)c1F. The van der Waals surface area contributed by atoms with Crippen LogP contribution < -0.4 is 20.7 Å². The van der Waals surface area contributed by atoms with Crippen LogP contribution in [0.5, 0.6) is 5.75 Å². The molecule has 0 heterocycles. The van der Waals surface area contributed by atoms with Gasteiger partial charge in [-0.1, -0.05) is 39.0 Å². The summed E-state index contributed by atoms with van der Waals surface area (Å²) in [4.78, 5) is 61.0. The maximum absolute atomic E-state index is 13.8. The molecule has 0 aliphatic rings.